The standard InChI is InChI=1S/C25H35N3O3/c1-18(2)17-27-24(30)28(22-15-19-5-3-4-6-20(19)16-22)23(29)25(27)9-11-26(12-10-25)21-7-13-31-14-8-21/h3-6,18,21-22H,7-17H2,1-2H3. The molecule has 6 nitrogen and oxygen atoms in total. The van der Waals surface area contributed by atoms with Gasteiger partial charge in [-0.1, -0.05) is 38.1 Å². The number of carbonyl (C=O) groups excluding carboxylic acids is 2. The maximum atomic E-state index is 13.9. The molecular formula is C25H35N3O3. The van der Waals surface area contributed by atoms with E-state index in [9.17, 15) is 9.59 Å². The molecule has 1 spiro atoms. The van der Waals surface area contributed by atoms with Crippen molar-refractivity contribution in [3.8, 4) is 0 Å². The maximum Gasteiger partial charge on any atom is 0.327 e. The highest BCUT2D eigenvalue weighted by atomic mass is 16.5. The normalized spacial score (nSPS) is 25.3. The number of hydrogen-bond acceptors (Lipinski definition) is 4. The quantitative estimate of drug-likeness (QED) is 0.696. The van der Waals surface area contributed by atoms with E-state index in [2.05, 4.69) is 30.9 Å². The van der Waals surface area contributed by atoms with Crippen LogP contribution in [0.5, 0.6) is 0 Å². The van der Waals surface area contributed by atoms with Crippen LogP contribution in [-0.2, 0) is 22.4 Å². The van der Waals surface area contributed by atoms with Crippen LogP contribution >= 0.6 is 0 Å². The number of rotatable bonds is 4. The second-order valence-electron chi connectivity index (χ2n) is 10.2. The molecule has 3 amide bonds. The fourth-order valence-corrected chi connectivity index (χ4v) is 6.19. The predicted octanol–water partition coefficient (Wildman–Crippen LogP) is 3.09. The molecule has 3 saturated heterocycles. The van der Waals surface area contributed by atoms with Gasteiger partial charge in [0.1, 0.15) is 5.54 Å². The minimum absolute atomic E-state index is 0.0417. The van der Waals surface area contributed by atoms with Gasteiger partial charge in [0.25, 0.3) is 5.91 Å². The summed E-state index contributed by atoms with van der Waals surface area (Å²) in [6, 6.07) is 8.82. The van der Waals surface area contributed by atoms with Gasteiger partial charge in [-0.3, -0.25) is 9.69 Å². The van der Waals surface area contributed by atoms with Gasteiger partial charge in [-0.25, -0.2) is 4.79 Å². The molecule has 1 aliphatic carbocycles. The lowest BCUT2D eigenvalue weighted by atomic mass is 9.84. The molecule has 0 aromatic heterocycles. The number of piperidine rings is 1. The van der Waals surface area contributed by atoms with Crippen molar-refractivity contribution >= 4 is 11.9 Å². The van der Waals surface area contributed by atoms with E-state index in [-0.39, 0.29) is 18.0 Å². The van der Waals surface area contributed by atoms with Crippen LogP contribution in [0.3, 0.4) is 0 Å². The number of carbonyl (C=O) groups is 2. The lowest BCUT2D eigenvalue weighted by Crippen LogP contribution is -2.59. The van der Waals surface area contributed by atoms with Crippen LogP contribution in [0.1, 0.15) is 50.7 Å². The van der Waals surface area contributed by atoms with Gasteiger partial charge in [0.2, 0.25) is 0 Å². The minimum Gasteiger partial charge on any atom is -0.381 e. The first-order valence-electron chi connectivity index (χ1n) is 12.0. The van der Waals surface area contributed by atoms with Gasteiger partial charge in [-0.15, -0.1) is 0 Å². The number of fused-ring (bicyclic) bond motifs is 1. The molecule has 0 unspecified atom stereocenters. The molecule has 5 rings (SSSR count). The van der Waals surface area contributed by atoms with Gasteiger partial charge in [0.05, 0.1) is 0 Å². The number of nitrogens with zero attached hydrogens (tertiary/aromatic N) is 3. The number of imide groups is 1. The fourth-order valence-electron chi connectivity index (χ4n) is 6.19. The first kappa shape index (κ1) is 21.0. The number of likely N-dealkylation sites (tertiary alicyclic amines) is 1. The van der Waals surface area contributed by atoms with Crippen LogP contribution in [-0.4, -0.2) is 77.1 Å². The van der Waals surface area contributed by atoms with Crippen molar-refractivity contribution in [2.24, 2.45) is 5.92 Å². The lowest BCUT2D eigenvalue weighted by Gasteiger charge is -2.45. The summed E-state index contributed by atoms with van der Waals surface area (Å²) < 4.78 is 5.53. The first-order chi connectivity index (χ1) is 15.0. The molecule has 1 aromatic rings. The summed E-state index contributed by atoms with van der Waals surface area (Å²) in [5.74, 6) is 0.394. The van der Waals surface area contributed by atoms with E-state index >= 15 is 0 Å². The van der Waals surface area contributed by atoms with E-state index in [1.54, 1.807) is 4.90 Å². The van der Waals surface area contributed by atoms with E-state index in [0.717, 1.165) is 64.8 Å². The second kappa shape index (κ2) is 8.21. The molecule has 3 fully saturated rings. The molecule has 31 heavy (non-hydrogen) atoms. The Labute approximate surface area is 185 Å². The van der Waals surface area contributed by atoms with E-state index in [1.165, 1.54) is 11.1 Å². The van der Waals surface area contributed by atoms with Gasteiger partial charge in [-0.2, -0.15) is 0 Å². The van der Waals surface area contributed by atoms with Crippen molar-refractivity contribution in [2.45, 2.75) is 70.0 Å². The highest BCUT2D eigenvalue weighted by Gasteiger charge is 2.59. The third-order valence-corrected chi connectivity index (χ3v) is 7.85. The monoisotopic (exact) mass is 425 g/mol. The third-order valence-electron chi connectivity index (χ3n) is 7.85. The van der Waals surface area contributed by atoms with Crippen LogP contribution in [0.15, 0.2) is 24.3 Å². The number of hydrogen-bond donors (Lipinski definition) is 0. The van der Waals surface area contributed by atoms with Gasteiger partial charge in [-0.05, 0) is 55.6 Å². The summed E-state index contributed by atoms with van der Waals surface area (Å²) in [6.07, 6.45) is 5.21. The molecule has 0 radical (unpaired) electrons. The summed E-state index contributed by atoms with van der Waals surface area (Å²) in [5, 5.41) is 0. The van der Waals surface area contributed by atoms with Crippen molar-refractivity contribution < 1.29 is 14.3 Å². The summed E-state index contributed by atoms with van der Waals surface area (Å²) in [5.41, 5.74) is 1.90. The zero-order valence-corrected chi connectivity index (χ0v) is 18.9. The van der Waals surface area contributed by atoms with Crippen LogP contribution in [0, 0.1) is 5.92 Å². The number of amides is 3. The topological polar surface area (TPSA) is 53.1 Å². The Hall–Kier alpha value is -1.92. The van der Waals surface area contributed by atoms with Crippen LogP contribution in [0.25, 0.3) is 0 Å². The van der Waals surface area contributed by atoms with E-state index in [0.29, 0.717) is 18.5 Å². The Kier molecular flexibility index (Phi) is 5.55. The lowest BCUT2D eigenvalue weighted by molar-refractivity contribution is -0.137. The zero-order chi connectivity index (χ0) is 21.6. The van der Waals surface area contributed by atoms with Gasteiger partial charge < -0.3 is 14.5 Å². The molecule has 6 heteroatoms. The molecule has 168 valence electrons. The highest BCUT2D eigenvalue weighted by molar-refractivity contribution is 6.07. The van der Waals surface area contributed by atoms with Crippen LogP contribution < -0.4 is 0 Å². The Morgan fingerprint density at radius 2 is 1.61 bits per heavy atom. The zero-order valence-electron chi connectivity index (χ0n) is 18.9. The average molecular weight is 426 g/mol. The molecule has 0 bridgehead atoms. The van der Waals surface area contributed by atoms with E-state index in [1.807, 2.05) is 17.0 Å². The predicted molar refractivity (Wildman–Crippen MR) is 119 cm³/mol. The van der Waals surface area contributed by atoms with Gasteiger partial charge in [0.15, 0.2) is 0 Å². The highest BCUT2D eigenvalue weighted by Crippen LogP contribution is 2.41. The smallest absolute Gasteiger partial charge is 0.327 e. The van der Waals surface area contributed by atoms with Crippen LogP contribution in [0.4, 0.5) is 4.79 Å². The molecular weight excluding hydrogens is 390 g/mol. The summed E-state index contributed by atoms with van der Waals surface area (Å²) in [7, 11) is 0. The molecule has 0 saturated carbocycles. The van der Waals surface area contributed by atoms with Crippen molar-refractivity contribution in [1.82, 2.24) is 14.7 Å². The Bertz CT molecular complexity index is 815. The van der Waals surface area contributed by atoms with Crippen molar-refractivity contribution in [2.75, 3.05) is 32.8 Å². The largest absolute Gasteiger partial charge is 0.381 e. The third kappa shape index (κ3) is 3.58. The van der Waals surface area contributed by atoms with Gasteiger partial charge >= 0.3 is 6.03 Å². The Morgan fingerprint density at radius 3 is 2.19 bits per heavy atom. The molecule has 0 atom stereocenters. The molecule has 0 N–H and O–H groups in total. The molecule has 4 aliphatic rings. The SMILES string of the molecule is CC(C)CN1C(=O)N(C2Cc3ccccc3C2)C(=O)C12CCN(C1CCOCC1)CC2. The number of ether oxygens (including phenoxy) is 1. The van der Waals surface area contributed by atoms with Gasteiger partial charge in [0, 0.05) is 44.9 Å². The maximum absolute atomic E-state index is 13.9. The number of benzene rings is 1. The first-order valence-corrected chi connectivity index (χ1v) is 12.0. The van der Waals surface area contributed by atoms with Crippen molar-refractivity contribution in [1.29, 1.82) is 0 Å². The summed E-state index contributed by atoms with van der Waals surface area (Å²) >= 11 is 0. The van der Waals surface area contributed by atoms with E-state index in [4.69, 9.17) is 4.74 Å². The number of urea groups is 1. The average Bonchev–Trinajstić information content (AvgIpc) is 3.28. The molecule has 3 heterocycles. The second-order valence-corrected chi connectivity index (χ2v) is 10.2. The summed E-state index contributed by atoms with van der Waals surface area (Å²) in [4.78, 5) is 33.7. The van der Waals surface area contributed by atoms with Crippen LogP contribution in [0.2, 0.25) is 0 Å². The minimum atomic E-state index is -0.655. The Morgan fingerprint density at radius 1 is 1.00 bits per heavy atom. The summed E-state index contributed by atoms with van der Waals surface area (Å²) in [6.45, 7) is 8.36. The van der Waals surface area contributed by atoms with Crippen molar-refractivity contribution in [3.05, 3.63) is 35.4 Å². The Balaban J connectivity index is 1.37. The molecule has 1 aromatic carbocycles. The van der Waals surface area contributed by atoms with E-state index < -0.39 is 5.54 Å². The fraction of sp³-hybridized carbons (Fsp3) is 0.680. The van der Waals surface area contributed by atoms with Crippen molar-refractivity contribution in [3.63, 3.8) is 0 Å². The molecule has 3 aliphatic heterocycles.